The molecule has 25 heavy (non-hydrogen) atoms. The van der Waals surface area contributed by atoms with E-state index in [0.29, 0.717) is 5.92 Å². The molecule has 1 unspecified atom stereocenters. The van der Waals surface area contributed by atoms with E-state index >= 15 is 0 Å². The molecule has 1 heterocycles. The van der Waals surface area contributed by atoms with Crippen LogP contribution in [0.2, 0.25) is 0 Å². The summed E-state index contributed by atoms with van der Waals surface area (Å²) < 4.78 is 11.1. The van der Waals surface area contributed by atoms with Crippen molar-refractivity contribution >= 4 is 29.9 Å². The maximum atomic E-state index is 5.72. The Bertz CT molecular complexity index is 396. The maximum absolute atomic E-state index is 5.72. The highest BCUT2D eigenvalue weighted by Crippen LogP contribution is 2.19. The van der Waals surface area contributed by atoms with Crippen molar-refractivity contribution in [3.63, 3.8) is 0 Å². The molecule has 5 nitrogen and oxygen atoms in total. The number of ether oxygens (including phenoxy) is 2. The molecular weight excluding hydrogens is 429 g/mol. The summed E-state index contributed by atoms with van der Waals surface area (Å²) in [5.74, 6) is 1.53. The zero-order valence-electron chi connectivity index (χ0n) is 15.7. The lowest BCUT2D eigenvalue weighted by atomic mass is 9.97. The molecule has 2 aliphatic rings. The standard InChI is InChI=1S/C19H35N3O2.HI/c1-2-20-19(22-12-9-17-7-4-3-5-8-17)21-11-6-13-23-15-18-10-14-24-16-18;/h7,18H,2-6,8-16H2,1H3,(H2,20,21,22);1H. The zero-order valence-corrected chi connectivity index (χ0v) is 18.1. The lowest BCUT2D eigenvalue weighted by Crippen LogP contribution is -2.38. The number of hydrogen-bond acceptors (Lipinski definition) is 3. The van der Waals surface area contributed by atoms with Gasteiger partial charge < -0.3 is 20.1 Å². The predicted octanol–water partition coefficient (Wildman–Crippen LogP) is 3.49. The number of hydrogen-bond donors (Lipinski definition) is 2. The Hall–Kier alpha value is -0.340. The van der Waals surface area contributed by atoms with Crippen molar-refractivity contribution in [3.05, 3.63) is 11.6 Å². The van der Waals surface area contributed by atoms with Crippen LogP contribution in [-0.4, -0.2) is 52.0 Å². The second-order valence-corrected chi connectivity index (χ2v) is 6.70. The second-order valence-electron chi connectivity index (χ2n) is 6.70. The van der Waals surface area contributed by atoms with E-state index in [9.17, 15) is 0 Å². The molecule has 0 aromatic rings. The minimum absolute atomic E-state index is 0. The second kappa shape index (κ2) is 14.8. The molecule has 1 fully saturated rings. The topological polar surface area (TPSA) is 54.9 Å². The molecule has 0 aromatic heterocycles. The van der Waals surface area contributed by atoms with Crippen LogP contribution >= 0.6 is 24.0 Å². The summed E-state index contributed by atoms with van der Waals surface area (Å²) in [7, 11) is 0. The van der Waals surface area contributed by atoms with Gasteiger partial charge >= 0.3 is 0 Å². The predicted molar refractivity (Wildman–Crippen MR) is 115 cm³/mol. The molecule has 0 amide bonds. The molecule has 146 valence electrons. The average Bonchev–Trinajstić information content (AvgIpc) is 3.12. The Kier molecular flexibility index (Phi) is 13.4. The third kappa shape index (κ3) is 10.4. The fourth-order valence-corrected chi connectivity index (χ4v) is 3.14. The molecule has 0 aromatic carbocycles. The van der Waals surface area contributed by atoms with Gasteiger partial charge in [0.2, 0.25) is 0 Å². The first kappa shape index (κ1) is 22.7. The minimum atomic E-state index is 0. The van der Waals surface area contributed by atoms with Crippen LogP contribution in [0.25, 0.3) is 0 Å². The van der Waals surface area contributed by atoms with Gasteiger partial charge in [0, 0.05) is 38.8 Å². The van der Waals surface area contributed by atoms with Crippen molar-refractivity contribution in [2.75, 3.05) is 46.1 Å². The van der Waals surface area contributed by atoms with E-state index < -0.39 is 0 Å². The van der Waals surface area contributed by atoms with Gasteiger partial charge in [-0.05, 0) is 51.9 Å². The summed E-state index contributed by atoms with van der Waals surface area (Å²) >= 11 is 0. The first-order chi connectivity index (χ1) is 11.9. The lowest BCUT2D eigenvalue weighted by Gasteiger charge is -2.15. The number of halogens is 1. The summed E-state index contributed by atoms with van der Waals surface area (Å²) in [5.41, 5.74) is 1.61. The molecule has 0 spiro atoms. The van der Waals surface area contributed by atoms with Crippen LogP contribution in [-0.2, 0) is 9.47 Å². The number of nitrogens with one attached hydrogen (secondary N) is 2. The molecule has 0 radical (unpaired) electrons. The molecule has 6 heteroatoms. The largest absolute Gasteiger partial charge is 0.381 e. The Morgan fingerprint density at radius 3 is 3.00 bits per heavy atom. The van der Waals surface area contributed by atoms with Gasteiger partial charge in [-0.2, -0.15) is 0 Å². The van der Waals surface area contributed by atoms with Crippen LogP contribution in [0.4, 0.5) is 0 Å². The van der Waals surface area contributed by atoms with E-state index in [1.54, 1.807) is 5.57 Å². The molecule has 2 rings (SSSR count). The normalized spacial score (nSPS) is 20.8. The Morgan fingerprint density at radius 1 is 1.36 bits per heavy atom. The van der Waals surface area contributed by atoms with Crippen LogP contribution in [0.15, 0.2) is 16.6 Å². The van der Waals surface area contributed by atoms with Gasteiger partial charge in [-0.3, -0.25) is 4.99 Å². The van der Waals surface area contributed by atoms with Crippen molar-refractivity contribution in [2.45, 2.75) is 51.9 Å². The van der Waals surface area contributed by atoms with E-state index in [-0.39, 0.29) is 24.0 Å². The minimum Gasteiger partial charge on any atom is -0.381 e. The van der Waals surface area contributed by atoms with Crippen LogP contribution in [0.5, 0.6) is 0 Å². The Balaban J connectivity index is 0.00000312. The quantitative estimate of drug-likeness (QED) is 0.171. The van der Waals surface area contributed by atoms with Gasteiger partial charge in [0.1, 0.15) is 0 Å². The SMILES string of the molecule is CCNC(=NCCCOCC1CCOC1)NCCC1=CCCCC1.I. The van der Waals surface area contributed by atoms with Gasteiger partial charge in [0.15, 0.2) is 5.96 Å². The van der Waals surface area contributed by atoms with Crippen LogP contribution < -0.4 is 10.6 Å². The molecule has 1 aliphatic carbocycles. The van der Waals surface area contributed by atoms with Crippen molar-refractivity contribution in [1.82, 2.24) is 10.6 Å². The molecule has 1 saturated heterocycles. The van der Waals surface area contributed by atoms with Crippen molar-refractivity contribution < 1.29 is 9.47 Å². The van der Waals surface area contributed by atoms with Crippen LogP contribution in [0.1, 0.15) is 51.9 Å². The number of rotatable bonds is 10. The fraction of sp³-hybridized carbons (Fsp3) is 0.842. The highest BCUT2D eigenvalue weighted by molar-refractivity contribution is 14.0. The highest BCUT2D eigenvalue weighted by atomic mass is 127. The van der Waals surface area contributed by atoms with E-state index in [0.717, 1.165) is 71.3 Å². The fourth-order valence-electron chi connectivity index (χ4n) is 3.14. The molecular formula is C19H36IN3O2. The van der Waals surface area contributed by atoms with Gasteiger partial charge in [-0.25, -0.2) is 0 Å². The van der Waals surface area contributed by atoms with E-state index in [1.807, 2.05) is 0 Å². The van der Waals surface area contributed by atoms with E-state index in [4.69, 9.17) is 9.47 Å². The third-order valence-electron chi connectivity index (χ3n) is 4.56. The Labute approximate surface area is 170 Å². The van der Waals surface area contributed by atoms with Crippen LogP contribution in [0, 0.1) is 5.92 Å². The summed E-state index contributed by atoms with van der Waals surface area (Å²) in [6, 6.07) is 0. The molecule has 2 N–H and O–H groups in total. The van der Waals surface area contributed by atoms with E-state index in [2.05, 4.69) is 28.6 Å². The highest BCUT2D eigenvalue weighted by Gasteiger charge is 2.15. The first-order valence-corrected chi connectivity index (χ1v) is 9.74. The van der Waals surface area contributed by atoms with Gasteiger partial charge in [0.05, 0.1) is 13.2 Å². The van der Waals surface area contributed by atoms with Crippen molar-refractivity contribution in [2.24, 2.45) is 10.9 Å². The molecule has 1 atom stereocenters. The average molecular weight is 465 g/mol. The number of nitrogens with zero attached hydrogens (tertiary/aromatic N) is 1. The molecule has 0 bridgehead atoms. The molecule has 0 saturated carbocycles. The van der Waals surface area contributed by atoms with Gasteiger partial charge in [0.25, 0.3) is 0 Å². The summed E-state index contributed by atoms with van der Waals surface area (Å²) in [5, 5.41) is 6.76. The van der Waals surface area contributed by atoms with Crippen LogP contribution in [0.3, 0.4) is 0 Å². The monoisotopic (exact) mass is 465 g/mol. The summed E-state index contributed by atoms with van der Waals surface area (Å²) in [6.07, 6.45) is 10.9. The van der Waals surface area contributed by atoms with Crippen molar-refractivity contribution in [3.8, 4) is 0 Å². The third-order valence-corrected chi connectivity index (χ3v) is 4.56. The smallest absolute Gasteiger partial charge is 0.191 e. The number of guanidine groups is 1. The number of aliphatic imine (C=N–C) groups is 1. The maximum Gasteiger partial charge on any atom is 0.191 e. The molecule has 1 aliphatic heterocycles. The van der Waals surface area contributed by atoms with Crippen molar-refractivity contribution in [1.29, 1.82) is 0 Å². The lowest BCUT2D eigenvalue weighted by molar-refractivity contribution is 0.0893. The van der Waals surface area contributed by atoms with E-state index in [1.165, 1.54) is 25.7 Å². The van der Waals surface area contributed by atoms with Gasteiger partial charge in [-0.1, -0.05) is 11.6 Å². The summed E-state index contributed by atoms with van der Waals surface area (Å²) in [6.45, 7) is 8.15. The van der Waals surface area contributed by atoms with Gasteiger partial charge in [-0.15, -0.1) is 24.0 Å². The summed E-state index contributed by atoms with van der Waals surface area (Å²) in [4.78, 5) is 4.64. The Morgan fingerprint density at radius 2 is 2.28 bits per heavy atom. The first-order valence-electron chi connectivity index (χ1n) is 9.74. The number of allylic oxidation sites excluding steroid dienone is 1. The zero-order chi connectivity index (χ0) is 16.9.